The zero-order valence-electron chi connectivity index (χ0n) is 21.4. The van der Waals surface area contributed by atoms with Crippen LogP contribution in [0.15, 0.2) is 30.3 Å². The van der Waals surface area contributed by atoms with Crippen molar-refractivity contribution in [1.82, 2.24) is 35.8 Å². The Kier molecular flexibility index (Phi) is 9.35. The molecule has 0 radical (unpaired) electrons. The van der Waals surface area contributed by atoms with Crippen LogP contribution in [0.2, 0.25) is 5.02 Å². The summed E-state index contributed by atoms with van der Waals surface area (Å²) in [6, 6.07) is 7.91. The van der Waals surface area contributed by atoms with Gasteiger partial charge in [0, 0.05) is 37.4 Å². The standard InChI is InChI=1S/C26H31ClFN7O3/c1-16-11-19(13-23(30-16)26(37)29-14-18-5-8-22(28)21(27)12-18)25-32-34-35(33-25)15-17-3-6-20(7-4-17)31-24(36)9-10-38-2/h5,8,11-13,17,20H,3-4,6-7,9-10,14-15H2,1-2H3,(H,29,37)(H,31,36)/t17-,20-. The predicted molar refractivity (Wildman–Crippen MR) is 139 cm³/mol. The van der Waals surface area contributed by atoms with Gasteiger partial charge in [0.1, 0.15) is 11.5 Å². The van der Waals surface area contributed by atoms with Gasteiger partial charge in [-0.2, -0.15) is 4.80 Å². The van der Waals surface area contributed by atoms with Crippen LogP contribution in [0.4, 0.5) is 4.39 Å². The van der Waals surface area contributed by atoms with E-state index in [4.69, 9.17) is 16.3 Å². The van der Waals surface area contributed by atoms with Gasteiger partial charge < -0.3 is 15.4 Å². The number of nitrogens with zero attached hydrogens (tertiary/aromatic N) is 5. The number of amides is 2. The monoisotopic (exact) mass is 543 g/mol. The number of ether oxygens (including phenoxy) is 1. The minimum atomic E-state index is -0.512. The number of aromatic nitrogens is 5. The Morgan fingerprint density at radius 1 is 1.18 bits per heavy atom. The molecule has 0 saturated heterocycles. The average Bonchev–Trinajstić information content (AvgIpc) is 3.37. The third kappa shape index (κ3) is 7.55. The largest absolute Gasteiger partial charge is 0.384 e. The summed E-state index contributed by atoms with van der Waals surface area (Å²) in [5, 5.41) is 18.8. The van der Waals surface area contributed by atoms with E-state index in [2.05, 4.69) is 31.0 Å². The van der Waals surface area contributed by atoms with Crippen molar-refractivity contribution in [1.29, 1.82) is 0 Å². The number of hydrogen-bond donors (Lipinski definition) is 2. The molecular formula is C26H31ClFN7O3. The molecule has 0 aliphatic heterocycles. The highest BCUT2D eigenvalue weighted by Crippen LogP contribution is 2.26. The molecule has 12 heteroatoms. The molecule has 2 amide bonds. The zero-order valence-corrected chi connectivity index (χ0v) is 22.2. The highest BCUT2D eigenvalue weighted by atomic mass is 35.5. The number of benzene rings is 1. The Labute approximate surface area is 225 Å². The van der Waals surface area contributed by atoms with Gasteiger partial charge in [-0.15, -0.1) is 10.2 Å². The number of methoxy groups -OCH3 is 1. The predicted octanol–water partition coefficient (Wildman–Crippen LogP) is 3.48. The van der Waals surface area contributed by atoms with E-state index in [-0.39, 0.29) is 35.1 Å². The lowest BCUT2D eigenvalue weighted by atomic mass is 9.86. The number of carbonyl (C=O) groups excluding carboxylic acids is 2. The summed E-state index contributed by atoms with van der Waals surface area (Å²) in [5.41, 5.74) is 2.17. The first-order valence-electron chi connectivity index (χ1n) is 12.6. The molecule has 2 N–H and O–H groups in total. The van der Waals surface area contributed by atoms with Gasteiger partial charge in [-0.05, 0) is 73.6 Å². The maximum absolute atomic E-state index is 13.4. The number of rotatable bonds is 10. The van der Waals surface area contributed by atoms with E-state index in [1.54, 1.807) is 37.0 Å². The van der Waals surface area contributed by atoms with E-state index in [9.17, 15) is 14.0 Å². The molecule has 10 nitrogen and oxygen atoms in total. The zero-order chi connectivity index (χ0) is 27.1. The number of tetrazole rings is 1. The molecule has 4 rings (SSSR count). The molecule has 38 heavy (non-hydrogen) atoms. The third-order valence-corrected chi connectivity index (χ3v) is 6.79. The van der Waals surface area contributed by atoms with Gasteiger partial charge in [0.15, 0.2) is 0 Å². The van der Waals surface area contributed by atoms with Gasteiger partial charge in [0.25, 0.3) is 5.91 Å². The van der Waals surface area contributed by atoms with Gasteiger partial charge in [-0.3, -0.25) is 9.59 Å². The van der Waals surface area contributed by atoms with Crippen molar-refractivity contribution in [3.05, 3.63) is 58.1 Å². The first-order valence-corrected chi connectivity index (χ1v) is 13.0. The second kappa shape index (κ2) is 12.9. The average molecular weight is 544 g/mol. The van der Waals surface area contributed by atoms with Crippen LogP contribution in [0.3, 0.4) is 0 Å². The molecular weight excluding hydrogens is 513 g/mol. The summed E-state index contributed by atoms with van der Waals surface area (Å²) in [5.74, 6) is -0.0620. The van der Waals surface area contributed by atoms with Crippen LogP contribution in [0.25, 0.3) is 11.4 Å². The van der Waals surface area contributed by atoms with Gasteiger partial charge >= 0.3 is 0 Å². The summed E-state index contributed by atoms with van der Waals surface area (Å²) >= 11 is 5.82. The fourth-order valence-corrected chi connectivity index (χ4v) is 4.69. The van der Waals surface area contributed by atoms with E-state index in [1.165, 1.54) is 12.1 Å². The third-order valence-electron chi connectivity index (χ3n) is 6.50. The summed E-state index contributed by atoms with van der Waals surface area (Å²) in [7, 11) is 1.59. The van der Waals surface area contributed by atoms with E-state index < -0.39 is 5.82 Å². The molecule has 2 heterocycles. The van der Waals surface area contributed by atoms with Crippen molar-refractivity contribution in [2.24, 2.45) is 5.92 Å². The van der Waals surface area contributed by atoms with Crippen LogP contribution < -0.4 is 10.6 Å². The number of pyridine rings is 1. The van der Waals surface area contributed by atoms with E-state index in [1.807, 2.05) is 0 Å². The van der Waals surface area contributed by atoms with Crippen molar-refractivity contribution in [2.45, 2.75) is 58.2 Å². The van der Waals surface area contributed by atoms with E-state index in [0.29, 0.717) is 48.1 Å². The fraction of sp³-hybridized carbons (Fsp3) is 0.462. The molecule has 0 spiro atoms. The van der Waals surface area contributed by atoms with Crippen LogP contribution in [0.5, 0.6) is 0 Å². The van der Waals surface area contributed by atoms with E-state index >= 15 is 0 Å². The Hall–Kier alpha value is -3.44. The summed E-state index contributed by atoms with van der Waals surface area (Å²) in [6.45, 7) is 3.03. The van der Waals surface area contributed by atoms with Crippen molar-refractivity contribution < 1.29 is 18.7 Å². The Morgan fingerprint density at radius 3 is 2.71 bits per heavy atom. The lowest BCUT2D eigenvalue weighted by molar-refractivity contribution is -0.122. The highest BCUT2D eigenvalue weighted by molar-refractivity contribution is 6.30. The summed E-state index contributed by atoms with van der Waals surface area (Å²) < 4.78 is 18.3. The van der Waals surface area contributed by atoms with Crippen LogP contribution in [-0.4, -0.2) is 56.8 Å². The van der Waals surface area contributed by atoms with E-state index in [0.717, 1.165) is 25.7 Å². The van der Waals surface area contributed by atoms with Crippen LogP contribution >= 0.6 is 11.6 Å². The van der Waals surface area contributed by atoms with Gasteiger partial charge in [0.2, 0.25) is 11.7 Å². The first-order chi connectivity index (χ1) is 18.3. The van der Waals surface area contributed by atoms with Crippen molar-refractivity contribution in [2.75, 3.05) is 13.7 Å². The maximum atomic E-state index is 13.4. The number of nitrogens with one attached hydrogen (secondary N) is 2. The smallest absolute Gasteiger partial charge is 0.270 e. The molecule has 0 bridgehead atoms. The SMILES string of the molecule is COCCC(=O)N[C@H]1CC[C@H](Cn2nnc(-c3cc(C)nc(C(=O)NCc4ccc(F)c(Cl)c4)c3)n2)CC1. The molecule has 0 atom stereocenters. The molecule has 1 aliphatic carbocycles. The maximum Gasteiger partial charge on any atom is 0.270 e. The molecule has 202 valence electrons. The molecule has 0 unspecified atom stereocenters. The second-order valence-electron chi connectivity index (χ2n) is 9.51. The van der Waals surface area contributed by atoms with Crippen molar-refractivity contribution in [3.63, 3.8) is 0 Å². The Balaban J connectivity index is 1.32. The minimum absolute atomic E-state index is 0.000338. The Bertz CT molecular complexity index is 1280. The van der Waals surface area contributed by atoms with Gasteiger partial charge in [-0.1, -0.05) is 17.7 Å². The summed E-state index contributed by atoms with van der Waals surface area (Å²) in [6.07, 6.45) is 4.13. The molecule has 3 aromatic rings. The number of carbonyl (C=O) groups is 2. The molecule has 1 fully saturated rings. The lowest BCUT2D eigenvalue weighted by Crippen LogP contribution is -2.38. The number of halogens is 2. The van der Waals surface area contributed by atoms with Crippen molar-refractivity contribution in [3.8, 4) is 11.4 Å². The quantitative estimate of drug-likeness (QED) is 0.401. The van der Waals surface area contributed by atoms with Crippen molar-refractivity contribution >= 4 is 23.4 Å². The second-order valence-corrected chi connectivity index (χ2v) is 9.92. The number of aryl methyl sites for hydroxylation is 1. The summed E-state index contributed by atoms with van der Waals surface area (Å²) in [4.78, 5) is 30.6. The topological polar surface area (TPSA) is 124 Å². The first kappa shape index (κ1) is 27.6. The number of hydrogen-bond acceptors (Lipinski definition) is 7. The lowest BCUT2D eigenvalue weighted by Gasteiger charge is -2.28. The van der Waals surface area contributed by atoms with Gasteiger partial charge in [0.05, 0.1) is 18.2 Å². The fourth-order valence-electron chi connectivity index (χ4n) is 4.49. The Morgan fingerprint density at radius 2 is 1.97 bits per heavy atom. The normalized spacial score (nSPS) is 17.3. The van der Waals surface area contributed by atoms with Crippen LogP contribution in [0.1, 0.15) is 53.8 Å². The molecule has 1 aliphatic rings. The molecule has 1 aromatic carbocycles. The minimum Gasteiger partial charge on any atom is -0.384 e. The highest BCUT2D eigenvalue weighted by Gasteiger charge is 2.23. The molecule has 2 aromatic heterocycles. The van der Waals surface area contributed by atoms with Crippen LogP contribution in [0, 0.1) is 18.7 Å². The van der Waals surface area contributed by atoms with Crippen LogP contribution in [-0.2, 0) is 22.6 Å². The molecule has 1 saturated carbocycles. The van der Waals surface area contributed by atoms with Gasteiger partial charge in [-0.25, -0.2) is 9.37 Å².